The first-order valence-electron chi connectivity index (χ1n) is 13.5. The van der Waals surface area contributed by atoms with E-state index >= 15 is 0 Å². The van der Waals surface area contributed by atoms with Crippen molar-refractivity contribution >= 4 is 39.1 Å². The maximum absolute atomic E-state index is 14.4. The van der Waals surface area contributed by atoms with Crippen molar-refractivity contribution in [1.82, 2.24) is 10.2 Å². The number of sulfonamides is 1. The van der Waals surface area contributed by atoms with Gasteiger partial charge in [-0.1, -0.05) is 84.4 Å². The Morgan fingerprint density at radius 3 is 2.07 bits per heavy atom. The van der Waals surface area contributed by atoms with Gasteiger partial charge in [-0.25, -0.2) is 8.42 Å². The van der Waals surface area contributed by atoms with E-state index in [1.807, 2.05) is 61.5 Å². The molecular formula is C33H34ClN3O4S. The number of halogens is 1. The molecule has 0 heterocycles. The van der Waals surface area contributed by atoms with E-state index in [4.69, 9.17) is 11.6 Å². The standard InChI is InChI=1S/C33H34ClN3O4S/c1-24-12-10-11-15-27(24)22-36(31(33(39)35-3)21-26-13-6-4-7-14-26)32(38)23-37(30-19-18-28(34)20-25(30)2)42(40,41)29-16-8-5-9-17-29/h4-20,31H,21-23H2,1-3H3,(H,35,39)/t31-/m1/s1. The number of likely N-dealkylation sites (N-methyl/N-ethyl adjacent to an activating group) is 1. The molecule has 218 valence electrons. The Bertz CT molecular complexity index is 1650. The van der Waals surface area contributed by atoms with E-state index in [1.54, 1.807) is 43.3 Å². The van der Waals surface area contributed by atoms with E-state index < -0.39 is 28.5 Å². The Morgan fingerprint density at radius 1 is 0.833 bits per heavy atom. The number of anilines is 1. The summed E-state index contributed by atoms with van der Waals surface area (Å²) in [6.45, 7) is 3.28. The molecule has 0 aliphatic heterocycles. The van der Waals surface area contributed by atoms with Crippen LogP contribution in [0.15, 0.2) is 108 Å². The van der Waals surface area contributed by atoms with Crippen LogP contribution in [0.2, 0.25) is 5.02 Å². The Balaban J connectivity index is 1.81. The minimum Gasteiger partial charge on any atom is -0.357 e. The Kier molecular flexibility index (Phi) is 10.0. The molecule has 9 heteroatoms. The second-order valence-corrected chi connectivity index (χ2v) is 12.3. The first-order valence-corrected chi connectivity index (χ1v) is 15.4. The molecule has 0 radical (unpaired) electrons. The van der Waals surface area contributed by atoms with Gasteiger partial charge in [-0.2, -0.15) is 0 Å². The Morgan fingerprint density at radius 2 is 1.45 bits per heavy atom. The van der Waals surface area contributed by atoms with E-state index in [0.717, 1.165) is 21.0 Å². The van der Waals surface area contributed by atoms with Gasteiger partial charge < -0.3 is 10.2 Å². The summed E-state index contributed by atoms with van der Waals surface area (Å²) in [6, 6.07) is 29.0. The molecule has 0 aliphatic rings. The lowest BCUT2D eigenvalue weighted by atomic mass is 10.0. The summed E-state index contributed by atoms with van der Waals surface area (Å²) in [5.41, 5.74) is 3.59. The third kappa shape index (κ3) is 7.19. The van der Waals surface area contributed by atoms with E-state index in [-0.39, 0.29) is 23.8 Å². The number of aryl methyl sites for hydroxylation is 2. The van der Waals surface area contributed by atoms with E-state index in [0.29, 0.717) is 16.3 Å². The average molecular weight is 604 g/mol. The number of amides is 2. The number of hydrogen-bond donors (Lipinski definition) is 1. The van der Waals surface area contributed by atoms with Crippen LogP contribution in [0.1, 0.15) is 22.3 Å². The first kappa shape index (κ1) is 30.8. The molecule has 1 atom stereocenters. The van der Waals surface area contributed by atoms with Gasteiger partial charge in [-0.05, 0) is 66.4 Å². The quantitative estimate of drug-likeness (QED) is 0.244. The summed E-state index contributed by atoms with van der Waals surface area (Å²) in [5, 5.41) is 3.15. The molecule has 4 rings (SSSR count). The molecule has 0 saturated heterocycles. The lowest BCUT2D eigenvalue weighted by molar-refractivity contribution is -0.139. The number of carbonyl (C=O) groups excluding carboxylic acids is 2. The van der Waals surface area contributed by atoms with Crippen molar-refractivity contribution in [2.45, 2.75) is 37.8 Å². The molecule has 0 saturated carbocycles. The predicted molar refractivity (Wildman–Crippen MR) is 167 cm³/mol. The van der Waals surface area contributed by atoms with E-state index in [9.17, 15) is 18.0 Å². The van der Waals surface area contributed by atoms with E-state index in [2.05, 4.69) is 5.32 Å². The van der Waals surface area contributed by atoms with Crippen LogP contribution in [0.3, 0.4) is 0 Å². The normalized spacial score (nSPS) is 11.9. The Labute approximate surface area is 252 Å². The highest BCUT2D eigenvalue weighted by Gasteiger charge is 2.35. The van der Waals surface area contributed by atoms with Gasteiger partial charge in [0.05, 0.1) is 10.6 Å². The monoisotopic (exact) mass is 603 g/mol. The van der Waals surface area contributed by atoms with Crippen LogP contribution in [0.4, 0.5) is 5.69 Å². The molecule has 42 heavy (non-hydrogen) atoms. The molecule has 4 aromatic carbocycles. The molecule has 4 aromatic rings. The highest BCUT2D eigenvalue weighted by Crippen LogP contribution is 2.29. The van der Waals surface area contributed by atoms with Crippen molar-refractivity contribution in [3.63, 3.8) is 0 Å². The smallest absolute Gasteiger partial charge is 0.264 e. The summed E-state index contributed by atoms with van der Waals surface area (Å²) >= 11 is 6.20. The maximum Gasteiger partial charge on any atom is 0.264 e. The van der Waals surface area contributed by atoms with Crippen LogP contribution in [0.25, 0.3) is 0 Å². The van der Waals surface area contributed by atoms with Gasteiger partial charge >= 0.3 is 0 Å². The lowest BCUT2D eigenvalue weighted by Crippen LogP contribution is -2.53. The van der Waals surface area contributed by atoms with Crippen molar-refractivity contribution in [1.29, 1.82) is 0 Å². The minimum absolute atomic E-state index is 0.0461. The van der Waals surface area contributed by atoms with Crippen molar-refractivity contribution < 1.29 is 18.0 Å². The van der Waals surface area contributed by atoms with Crippen LogP contribution < -0.4 is 9.62 Å². The third-order valence-electron chi connectivity index (χ3n) is 7.16. The molecule has 7 nitrogen and oxygen atoms in total. The van der Waals surface area contributed by atoms with Crippen LogP contribution >= 0.6 is 11.6 Å². The number of rotatable bonds is 11. The van der Waals surface area contributed by atoms with Gasteiger partial charge in [-0.3, -0.25) is 13.9 Å². The van der Waals surface area contributed by atoms with Gasteiger partial charge in [0.1, 0.15) is 12.6 Å². The van der Waals surface area contributed by atoms with Gasteiger partial charge in [-0.15, -0.1) is 0 Å². The topological polar surface area (TPSA) is 86.8 Å². The molecule has 0 aliphatic carbocycles. The average Bonchev–Trinajstić information content (AvgIpc) is 2.99. The first-order chi connectivity index (χ1) is 20.1. The largest absolute Gasteiger partial charge is 0.357 e. The molecule has 1 N–H and O–H groups in total. The fourth-order valence-corrected chi connectivity index (χ4v) is 6.55. The van der Waals surface area contributed by atoms with Crippen molar-refractivity contribution in [2.24, 2.45) is 0 Å². The highest BCUT2D eigenvalue weighted by molar-refractivity contribution is 7.92. The molecule has 2 amide bonds. The fourth-order valence-electron chi connectivity index (χ4n) is 4.82. The lowest BCUT2D eigenvalue weighted by Gasteiger charge is -2.34. The zero-order chi connectivity index (χ0) is 30.3. The summed E-state index contributed by atoms with van der Waals surface area (Å²) in [4.78, 5) is 29.2. The summed E-state index contributed by atoms with van der Waals surface area (Å²) in [5.74, 6) is -0.863. The summed E-state index contributed by atoms with van der Waals surface area (Å²) in [7, 11) is -2.64. The van der Waals surface area contributed by atoms with Crippen molar-refractivity contribution in [3.05, 3.63) is 130 Å². The number of benzene rings is 4. The number of hydrogen-bond acceptors (Lipinski definition) is 4. The van der Waals surface area contributed by atoms with Gasteiger partial charge in [0.2, 0.25) is 11.8 Å². The van der Waals surface area contributed by atoms with Gasteiger partial charge in [0.15, 0.2) is 0 Å². The zero-order valence-electron chi connectivity index (χ0n) is 23.8. The fraction of sp³-hybridized carbons (Fsp3) is 0.212. The molecule has 0 unspecified atom stereocenters. The zero-order valence-corrected chi connectivity index (χ0v) is 25.4. The second kappa shape index (κ2) is 13.7. The Hall–Kier alpha value is -4.14. The highest BCUT2D eigenvalue weighted by atomic mass is 35.5. The second-order valence-electron chi connectivity index (χ2n) is 10.0. The predicted octanol–water partition coefficient (Wildman–Crippen LogP) is 5.54. The van der Waals surface area contributed by atoms with Gasteiger partial charge in [0, 0.05) is 25.0 Å². The van der Waals surface area contributed by atoms with Crippen molar-refractivity contribution in [2.75, 3.05) is 17.9 Å². The third-order valence-corrected chi connectivity index (χ3v) is 9.17. The maximum atomic E-state index is 14.4. The van der Waals surface area contributed by atoms with E-state index in [1.165, 1.54) is 24.1 Å². The van der Waals surface area contributed by atoms with Crippen molar-refractivity contribution in [3.8, 4) is 0 Å². The summed E-state index contributed by atoms with van der Waals surface area (Å²) < 4.78 is 29.2. The van der Waals surface area contributed by atoms with Crippen LogP contribution in [-0.4, -0.2) is 44.8 Å². The van der Waals surface area contributed by atoms with Crippen LogP contribution in [-0.2, 0) is 32.6 Å². The molecule has 0 spiro atoms. The van der Waals surface area contributed by atoms with Crippen LogP contribution in [0.5, 0.6) is 0 Å². The molecule has 0 aromatic heterocycles. The summed E-state index contributed by atoms with van der Waals surface area (Å²) in [6.07, 6.45) is 0.254. The van der Waals surface area contributed by atoms with Gasteiger partial charge in [0.25, 0.3) is 10.0 Å². The number of carbonyl (C=O) groups is 2. The molecular weight excluding hydrogens is 570 g/mol. The minimum atomic E-state index is -4.17. The SMILES string of the molecule is CNC(=O)[C@@H](Cc1ccccc1)N(Cc1ccccc1C)C(=O)CN(c1ccc(Cl)cc1C)S(=O)(=O)c1ccccc1. The molecule has 0 bridgehead atoms. The van der Waals surface area contributed by atoms with Crippen LogP contribution in [0, 0.1) is 13.8 Å². The number of nitrogens with zero attached hydrogens (tertiary/aromatic N) is 2. The molecule has 0 fully saturated rings. The number of nitrogens with one attached hydrogen (secondary N) is 1.